The Kier molecular flexibility index (Phi) is 8.32. The molecule has 41 heavy (non-hydrogen) atoms. The summed E-state index contributed by atoms with van der Waals surface area (Å²) in [6.07, 6.45) is 1.82. The van der Waals surface area contributed by atoms with E-state index in [0.717, 1.165) is 33.0 Å². The highest BCUT2D eigenvalue weighted by atomic mass is 32.1. The predicted octanol–water partition coefficient (Wildman–Crippen LogP) is 4.17. The molecule has 2 amide bonds. The average Bonchev–Trinajstić information content (AvgIpc) is 3.67. The van der Waals surface area contributed by atoms with Crippen LogP contribution in [0.2, 0.25) is 0 Å². The van der Waals surface area contributed by atoms with Crippen LogP contribution in [0.5, 0.6) is 0 Å². The molecule has 9 nitrogen and oxygen atoms in total. The highest BCUT2D eigenvalue weighted by molar-refractivity contribution is 7.13. The van der Waals surface area contributed by atoms with Gasteiger partial charge in [0, 0.05) is 32.1 Å². The van der Waals surface area contributed by atoms with Crippen LogP contribution in [-0.4, -0.2) is 60.5 Å². The monoisotopic (exact) mass is 572 g/mol. The van der Waals surface area contributed by atoms with Crippen LogP contribution in [0.4, 0.5) is 0 Å². The molecule has 0 unspecified atom stereocenters. The van der Waals surface area contributed by atoms with Crippen LogP contribution in [0.25, 0.3) is 10.4 Å². The quantitative estimate of drug-likeness (QED) is 0.328. The standard InChI is InChI=1S/C31H36N6O3S/c1-20-27(41-19-33-20)23-12-10-22(11-13-23)16-32-29(39)26-15-25(38)18-36(26)30(40)28(31(2,3)4)37-17-24(34-35-37)14-21-8-6-5-7-9-21/h5-13,17,19,25-26,28,38H,14-16,18H2,1-4H3,(H,32,39)/t25-,26+,28-/m1/s1. The van der Waals surface area contributed by atoms with Crippen molar-refractivity contribution in [2.75, 3.05) is 6.54 Å². The van der Waals surface area contributed by atoms with E-state index in [1.165, 1.54) is 4.90 Å². The van der Waals surface area contributed by atoms with Crippen LogP contribution < -0.4 is 5.32 Å². The number of hydrogen-bond donors (Lipinski definition) is 2. The van der Waals surface area contributed by atoms with Gasteiger partial charge in [-0.3, -0.25) is 9.59 Å². The maximum absolute atomic E-state index is 14.0. The second-order valence-corrected chi connectivity index (χ2v) is 12.6. The zero-order valence-electron chi connectivity index (χ0n) is 23.8. The van der Waals surface area contributed by atoms with E-state index in [2.05, 4.69) is 20.6 Å². The highest BCUT2D eigenvalue weighted by Gasteiger charge is 2.45. The maximum Gasteiger partial charge on any atom is 0.248 e. The summed E-state index contributed by atoms with van der Waals surface area (Å²) >= 11 is 1.60. The molecule has 3 atom stereocenters. The number of hydrogen-bond acceptors (Lipinski definition) is 7. The van der Waals surface area contributed by atoms with Gasteiger partial charge in [0.2, 0.25) is 11.8 Å². The van der Waals surface area contributed by atoms with Crippen LogP contribution in [0, 0.1) is 12.3 Å². The molecule has 2 aromatic carbocycles. The molecule has 0 radical (unpaired) electrons. The molecular formula is C31H36N6O3S. The number of aromatic nitrogens is 4. The molecule has 0 aliphatic carbocycles. The molecule has 2 aromatic heterocycles. The van der Waals surface area contributed by atoms with Crippen LogP contribution in [-0.2, 0) is 22.6 Å². The Hall–Kier alpha value is -3.89. The molecule has 1 fully saturated rings. The van der Waals surface area contributed by atoms with Crippen molar-refractivity contribution in [3.8, 4) is 10.4 Å². The Morgan fingerprint density at radius 1 is 1.10 bits per heavy atom. The number of aliphatic hydroxyl groups is 1. The Morgan fingerprint density at radius 3 is 2.49 bits per heavy atom. The number of amides is 2. The van der Waals surface area contributed by atoms with Crippen molar-refractivity contribution in [3.63, 3.8) is 0 Å². The minimum absolute atomic E-state index is 0.0952. The van der Waals surface area contributed by atoms with E-state index >= 15 is 0 Å². The number of carbonyl (C=O) groups excluding carboxylic acids is 2. The Bertz CT molecular complexity index is 1490. The summed E-state index contributed by atoms with van der Waals surface area (Å²) in [6, 6.07) is 16.5. The van der Waals surface area contributed by atoms with Gasteiger partial charge >= 0.3 is 0 Å². The molecule has 0 bridgehead atoms. The topological polar surface area (TPSA) is 113 Å². The van der Waals surface area contributed by atoms with Crippen molar-refractivity contribution in [1.82, 2.24) is 30.2 Å². The van der Waals surface area contributed by atoms with E-state index in [1.54, 1.807) is 22.2 Å². The molecule has 4 aromatic rings. The van der Waals surface area contributed by atoms with Crippen LogP contribution in [0.15, 0.2) is 66.3 Å². The van der Waals surface area contributed by atoms with E-state index in [-0.39, 0.29) is 24.8 Å². The molecule has 3 heterocycles. The largest absolute Gasteiger partial charge is 0.391 e. The molecule has 0 saturated carbocycles. The summed E-state index contributed by atoms with van der Waals surface area (Å²) in [6.45, 7) is 8.30. The number of aliphatic hydroxyl groups excluding tert-OH is 1. The van der Waals surface area contributed by atoms with Gasteiger partial charge in [-0.25, -0.2) is 9.67 Å². The molecule has 1 saturated heterocycles. The zero-order chi connectivity index (χ0) is 29.1. The first-order valence-electron chi connectivity index (χ1n) is 13.8. The van der Waals surface area contributed by atoms with E-state index < -0.39 is 23.6 Å². The fourth-order valence-corrected chi connectivity index (χ4v) is 6.14. The summed E-state index contributed by atoms with van der Waals surface area (Å²) < 4.78 is 1.60. The Morgan fingerprint density at radius 2 is 1.83 bits per heavy atom. The van der Waals surface area contributed by atoms with Gasteiger partial charge in [0.05, 0.1) is 27.9 Å². The van der Waals surface area contributed by atoms with E-state index in [4.69, 9.17) is 0 Å². The van der Waals surface area contributed by atoms with Gasteiger partial charge in [-0.05, 0) is 29.0 Å². The second-order valence-electron chi connectivity index (χ2n) is 11.7. The number of rotatable bonds is 8. The minimum atomic E-state index is -0.776. The van der Waals surface area contributed by atoms with Crippen molar-refractivity contribution in [2.24, 2.45) is 5.41 Å². The first-order valence-corrected chi connectivity index (χ1v) is 14.7. The molecule has 1 aliphatic heterocycles. The normalized spacial score (nSPS) is 17.9. The first kappa shape index (κ1) is 28.6. The first-order chi connectivity index (χ1) is 19.6. The van der Waals surface area contributed by atoms with Crippen LogP contribution in [0.3, 0.4) is 0 Å². The number of β-amino-alcohol motifs (C(OH)–C–C–N with tert-alkyl or cyclic N) is 1. The molecule has 2 N–H and O–H groups in total. The van der Waals surface area contributed by atoms with Crippen molar-refractivity contribution in [3.05, 3.63) is 88.8 Å². The number of thiazole rings is 1. The van der Waals surface area contributed by atoms with Crippen molar-refractivity contribution < 1.29 is 14.7 Å². The fraction of sp³-hybridized carbons (Fsp3) is 0.387. The molecule has 214 valence electrons. The third-order valence-corrected chi connectivity index (χ3v) is 8.38. The lowest BCUT2D eigenvalue weighted by Gasteiger charge is -2.34. The van der Waals surface area contributed by atoms with Gasteiger partial charge in [-0.1, -0.05) is 80.6 Å². The number of carbonyl (C=O) groups is 2. The third-order valence-electron chi connectivity index (χ3n) is 7.40. The lowest BCUT2D eigenvalue weighted by molar-refractivity contribution is -0.144. The molecule has 1 aliphatic rings. The van der Waals surface area contributed by atoms with Gasteiger partial charge in [0.1, 0.15) is 12.1 Å². The lowest BCUT2D eigenvalue weighted by atomic mass is 9.85. The summed E-state index contributed by atoms with van der Waals surface area (Å²) in [5.74, 6) is -0.539. The summed E-state index contributed by atoms with van der Waals surface area (Å²) in [5, 5.41) is 22.1. The number of likely N-dealkylation sites (tertiary alicyclic amines) is 1. The maximum atomic E-state index is 14.0. The van der Waals surface area contributed by atoms with Gasteiger partial charge in [0.25, 0.3) is 0 Å². The van der Waals surface area contributed by atoms with Gasteiger partial charge in [-0.2, -0.15) is 0 Å². The van der Waals surface area contributed by atoms with Crippen LogP contribution >= 0.6 is 11.3 Å². The number of nitrogens with one attached hydrogen (secondary N) is 1. The van der Waals surface area contributed by atoms with E-state index in [0.29, 0.717) is 13.0 Å². The Labute approximate surface area is 244 Å². The van der Waals surface area contributed by atoms with Crippen molar-refractivity contribution in [2.45, 2.75) is 65.3 Å². The van der Waals surface area contributed by atoms with Crippen molar-refractivity contribution >= 4 is 23.2 Å². The molecular weight excluding hydrogens is 536 g/mol. The predicted molar refractivity (Wildman–Crippen MR) is 158 cm³/mol. The smallest absolute Gasteiger partial charge is 0.248 e. The minimum Gasteiger partial charge on any atom is -0.391 e. The summed E-state index contributed by atoms with van der Waals surface area (Å²) in [7, 11) is 0. The van der Waals surface area contributed by atoms with E-state index in [1.807, 2.05) is 87.8 Å². The lowest BCUT2D eigenvalue weighted by Crippen LogP contribution is -2.50. The van der Waals surface area contributed by atoms with Crippen molar-refractivity contribution in [1.29, 1.82) is 0 Å². The molecule has 5 rings (SSSR count). The van der Waals surface area contributed by atoms with Gasteiger partial charge in [-0.15, -0.1) is 16.4 Å². The SMILES string of the molecule is Cc1ncsc1-c1ccc(CNC(=O)[C@@H]2C[C@@H](O)CN2C(=O)[C@@H](n2cc(Cc3ccccc3)nn2)C(C)(C)C)cc1. The van der Waals surface area contributed by atoms with Gasteiger partial charge < -0.3 is 15.3 Å². The average molecular weight is 573 g/mol. The Balaban J connectivity index is 1.28. The summed E-state index contributed by atoms with van der Waals surface area (Å²) in [4.78, 5) is 34.3. The number of nitrogens with zero attached hydrogens (tertiary/aromatic N) is 5. The third kappa shape index (κ3) is 6.55. The summed E-state index contributed by atoms with van der Waals surface area (Å²) in [5.41, 5.74) is 6.20. The fourth-order valence-electron chi connectivity index (χ4n) is 5.33. The highest BCUT2D eigenvalue weighted by Crippen LogP contribution is 2.34. The zero-order valence-corrected chi connectivity index (χ0v) is 24.6. The number of benzene rings is 2. The van der Waals surface area contributed by atoms with Crippen LogP contribution in [0.1, 0.15) is 55.7 Å². The van der Waals surface area contributed by atoms with Gasteiger partial charge in [0.15, 0.2) is 0 Å². The molecule has 0 spiro atoms. The van der Waals surface area contributed by atoms with E-state index in [9.17, 15) is 14.7 Å². The molecule has 10 heteroatoms. The number of aryl methyl sites for hydroxylation is 1. The second kappa shape index (κ2) is 11.9.